The van der Waals surface area contributed by atoms with Crippen LogP contribution < -0.4 is 4.72 Å². The fourth-order valence-corrected chi connectivity index (χ4v) is 3.45. The van der Waals surface area contributed by atoms with Gasteiger partial charge in [0.15, 0.2) is 0 Å². The highest BCUT2D eigenvalue weighted by molar-refractivity contribution is 7.89. The molecule has 5 heteroatoms. The first-order valence-electron chi connectivity index (χ1n) is 5.91. The van der Waals surface area contributed by atoms with Crippen molar-refractivity contribution in [2.24, 2.45) is 0 Å². The molecule has 0 saturated carbocycles. The Morgan fingerprint density at radius 3 is 2.28 bits per heavy atom. The van der Waals surface area contributed by atoms with E-state index in [2.05, 4.69) is 10.8 Å². The van der Waals surface area contributed by atoms with Crippen molar-refractivity contribution in [3.8, 4) is 6.07 Å². The highest BCUT2D eigenvalue weighted by Crippen LogP contribution is 2.20. The van der Waals surface area contributed by atoms with Gasteiger partial charge in [-0.05, 0) is 31.4 Å². The standard InChI is InChI=1S/C13H18N2O2S/c1-4-13(5-2,10-14)15-18(16,17)12-9-7-6-8-11(12)3/h6-9,15H,4-5H2,1-3H3. The largest absolute Gasteiger partial charge is 0.242 e. The number of nitriles is 1. The number of nitrogens with one attached hydrogen (secondary N) is 1. The molecule has 1 N–H and O–H groups in total. The number of aryl methyl sites for hydroxylation is 1. The van der Waals surface area contributed by atoms with E-state index in [-0.39, 0.29) is 4.90 Å². The molecule has 18 heavy (non-hydrogen) atoms. The predicted octanol–water partition coefficient (Wildman–Crippen LogP) is 2.36. The van der Waals surface area contributed by atoms with Gasteiger partial charge >= 0.3 is 0 Å². The SMILES string of the molecule is CCC(C#N)(CC)NS(=O)(=O)c1ccccc1C. The highest BCUT2D eigenvalue weighted by Gasteiger charge is 2.32. The van der Waals surface area contributed by atoms with E-state index in [0.717, 1.165) is 0 Å². The lowest BCUT2D eigenvalue weighted by atomic mass is 9.97. The van der Waals surface area contributed by atoms with Gasteiger partial charge in [0.05, 0.1) is 11.0 Å². The van der Waals surface area contributed by atoms with Gasteiger partial charge < -0.3 is 0 Å². The van der Waals surface area contributed by atoms with E-state index in [1.165, 1.54) is 0 Å². The third-order valence-corrected chi connectivity index (χ3v) is 4.83. The molecule has 1 rings (SSSR count). The quantitative estimate of drug-likeness (QED) is 0.889. The van der Waals surface area contributed by atoms with Crippen LogP contribution in [0.25, 0.3) is 0 Å². The Balaban J connectivity index is 3.18. The van der Waals surface area contributed by atoms with Crippen molar-refractivity contribution >= 4 is 10.0 Å². The zero-order valence-electron chi connectivity index (χ0n) is 10.9. The second kappa shape index (κ2) is 5.51. The number of hydrogen-bond donors (Lipinski definition) is 1. The average molecular weight is 266 g/mol. The molecule has 0 spiro atoms. The van der Waals surface area contributed by atoms with Crippen LogP contribution in [0.3, 0.4) is 0 Å². The Hall–Kier alpha value is -1.38. The lowest BCUT2D eigenvalue weighted by Crippen LogP contribution is -2.46. The van der Waals surface area contributed by atoms with Crippen LogP contribution in [-0.2, 0) is 10.0 Å². The topological polar surface area (TPSA) is 70.0 Å². The Bertz CT molecular complexity index is 555. The molecular weight excluding hydrogens is 248 g/mol. The average Bonchev–Trinajstić information content (AvgIpc) is 2.36. The lowest BCUT2D eigenvalue weighted by molar-refractivity contribution is 0.446. The molecule has 0 heterocycles. The molecule has 0 amide bonds. The van der Waals surface area contributed by atoms with Crippen LogP contribution in [0.2, 0.25) is 0 Å². The third-order valence-electron chi connectivity index (χ3n) is 3.13. The van der Waals surface area contributed by atoms with Gasteiger partial charge in [-0.25, -0.2) is 8.42 Å². The minimum Gasteiger partial charge on any atom is -0.207 e. The van der Waals surface area contributed by atoms with Crippen molar-refractivity contribution in [2.75, 3.05) is 0 Å². The summed E-state index contributed by atoms with van der Waals surface area (Å²) in [6.07, 6.45) is 0.871. The van der Waals surface area contributed by atoms with Gasteiger partial charge in [0, 0.05) is 0 Å². The molecule has 0 aliphatic rings. The molecular formula is C13H18N2O2S. The number of hydrogen-bond acceptors (Lipinski definition) is 3. The minimum atomic E-state index is -3.66. The second-order valence-corrected chi connectivity index (χ2v) is 5.92. The van der Waals surface area contributed by atoms with Crippen LogP contribution in [0, 0.1) is 18.3 Å². The molecule has 0 fully saturated rings. The Morgan fingerprint density at radius 2 is 1.83 bits per heavy atom. The van der Waals surface area contributed by atoms with Crippen LogP contribution in [0.15, 0.2) is 29.2 Å². The van der Waals surface area contributed by atoms with Crippen LogP contribution in [0.1, 0.15) is 32.3 Å². The van der Waals surface area contributed by atoms with Crippen molar-refractivity contribution in [3.63, 3.8) is 0 Å². The molecule has 0 radical (unpaired) electrons. The number of rotatable bonds is 5. The van der Waals surface area contributed by atoms with Crippen molar-refractivity contribution in [2.45, 2.75) is 44.0 Å². The molecule has 98 valence electrons. The summed E-state index contributed by atoms with van der Waals surface area (Å²) in [5.74, 6) is 0. The predicted molar refractivity (Wildman–Crippen MR) is 70.4 cm³/mol. The molecule has 0 bridgehead atoms. The van der Waals surface area contributed by atoms with Gasteiger partial charge in [-0.2, -0.15) is 9.98 Å². The smallest absolute Gasteiger partial charge is 0.207 e. The molecule has 0 saturated heterocycles. The number of benzene rings is 1. The monoisotopic (exact) mass is 266 g/mol. The first-order valence-corrected chi connectivity index (χ1v) is 7.40. The lowest BCUT2D eigenvalue weighted by Gasteiger charge is -2.25. The van der Waals surface area contributed by atoms with Crippen molar-refractivity contribution in [1.29, 1.82) is 5.26 Å². The van der Waals surface area contributed by atoms with Crippen molar-refractivity contribution in [3.05, 3.63) is 29.8 Å². The van der Waals surface area contributed by atoms with Gasteiger partial charge in [0.25, 0.3) is 0 Å². The molecule has 4 nitrogen and oxygen atoms in total. The maximum Gasteiger partial charge on any atom is 0.242 e. The summed E-state index contributed by atoms with van der Waals surface area (Å²) in [6.45, 7) is 5.33. The van der Waals surface area contributed by atoms with Gasteiger partial charge in [0.1, 0.15) is 5.54 Å². The van der Waals surface area contributed by atoms with E-state index in [0.29, 0.717) is 18.4 Å². The van der Waals surface area contributed by atoms with E-state index < -0.39 is 15.6 Å². The van der Waals surface area contributed by atoms with E-state index in [1.807, 2.05) is 0 Å². The minimum absolute atomic E-state index is 0.228. The summed E-state index contributed by atoms with van der Waals surface area (Å²) >= 11 is 0. The third kappa shape index (κ3) is 2.89. The van der Waals surface area contributed by atoms with Crippen molar-refractivity contribution in [1.82, 2.24) is 4.72 Å². The fourth-order valence-electron chi connectivity index (χ4n) is 1.75. The van der Waals surface area contributed by atoms with Crippen LogP contribution in [-0.4, -0.2) is 14.0 Å². The Morgan fingerprint density at radius 1 is 1.28 bits per heavy atom. The Kier molecular flexibility index (Phi) is 4.49. The molecule has 0 aliphatic carbocycles. The molecule has 0 aromatic heterocycles. The fraction of sp³-hybridized carbons (Fsp3) is 0.462. The first kappa shape index (κ1) is 14.7. The zero-order chi connectivity index (χ0) is 13.8. The second-order valence-electron chi connectivity index (χ2n) is 4.27. The van der Waals surface area contributed by atoms with Crippen molar-refractivity contribution < 1.29 is 8.42 Å². The first-order chi connectivity index (χ1) is 8.40. The van der Waals surface area contributed by atoms with Gasteiger partial charge in [-0.15, -0.1) is 0 Å². The maximum absolute atomic E-state index is 12.3. The van der Waals surface area contributed by atoms with Gasteiger partial charge in [-0.1, -0.05) is 32.0 Å². The number of nitrogens with zero attached hydrogens (tertiary/aromatic N) is 1. The van der Waals surface area contributed by atoms with Crippen LogP contribution in [0.5, 0.6) is 0 Å². The molecule has 1 aromatic carbocycles. The van der Waals surface area contributed by atoms with Gasteiger partial charge in [0.2, 0.25) is 10.0 Å². The van der Waals surface area contributed by atoms with E-state index >= 15 is 0 Å². The summed E-state index contributed by atoms with van der Waals surface area (Å²) in [6, 6.07) is 8.81. The maximum atomic E-state index is 12.3. The summed E-state index contributed by atoms with van der Waals surface area (Å²) in [5, 5.41) is 9.18. The Labute approximate surface area is 109 Å². The molecule has 1 aromatic rings. The van der Waals surface area contributed by atoms with E-state index in [4.69, 9.17) is 0 Å². The normalized spacial score (nSPS) is 12.1. The van der Waals surface area contributed by atoms with Crippen LogP contribution in [0.4, 0.5) is 0 Å². The molecule has 0 atom stereocenters. The van der Waals surface area contributed by atoms with E-state index in [1.54, 1.807) is 45.0 Å². The summed E-state index contributed by atoms with van der Waals surface area (Å²) < 4.78 is 27.1. The summed E-state index contributed by atoms with van der Waals surface area (Å²) in [5.41, 5.74) is -0.356. The number of sulfonamides is 1. The summed E-state index contributed by atoms with van der Waals surface area (Å²) in [7, 11) is -3.66. The molecule has 0 unspecified atom stereocenters. The highest BCUT2D eigenvalue weighted by atomic mass is 32.2. The van der Waals surface area contributed by atoms with Gasteiger partial charge in [-0.3, -0.25) is 0 Å². The summed E-state index contributed by atoms with van der Waals surface area (Å²) in [4.78, 5) is 0.228. The zero-order valence-corrected chi connectivity index (χ0v) is 11.7. The molecule has 0 aliphatic heterocycles. The van der Waals surface area contributed by atoms with E-state index in [9.17, 15) is 13.7 Å². The van der Waals surface area contributed by atoms with Crippen LogP contribution >= 0.6 is 0 Å².